The number of benzene rings is 3. The first kappa shape index (κ1) is 28.1. The van der Waals surface area contributed by atoms with Gasteiger partial charge in [0, 0.05) is 5.56 Å². The lowest BCUT2D eigenvalue weighted by Gasteiger charge is -2.26. The van der Waals surface area contributed by atoms with E-state index in [2.05, 4.69) is 4.99 Å². The Bertz CT molecular complexity index is 1750. The molecular formula is C33H32N2O5S. The molecule has 0 saturated heterocycles. The largest absolute Gasteiger partial charge is 0.491 e. The van der Waals surface area contributed by atoms with E-state index in [0.717, 1.165) is 16.9 Å². The van der Waals surface area contributed by atoms with Gasteiger partial charge in [-0.1, -0.05) is 72.0 Å². The fourth-order valence-corrected chi connectivity index (χ4v) is 5.75. The number of aromatic nitrogens is 1. The second-order valence-electron chi connectivity index (χ2n) is 9.85. The maximum Gasteiger partial charge on any atom is 0.338 e. The molecule has 0 N–H and O–H groups in total. The van der Waals surface area contributed by atoms with Crippen molar-refractivity contribution in [3.8, 4) is 11.5 Å². The van der Waals surface area contributed by atoms with E-state index in [0.29, 0.717) is 38.5 Å². The topological polar surface area (TPSA) is 79.1 Å². The van der Waals surface area contributed by atoms with E-state index in [-0.39, 0.29) is 18.3 Å². The number of carbonyl (C=O) groups excluding carboxylic acids is 1. The van der Waals surface area contributed by atoms with Gasteiger partial charge in [0.25, 0.3) is 5.56 Å². The predicted octanol–water partition coefficient (Wildman–Crippen LogP) is 5.16. The van der Waals surface area contributed by atoms with E-state index in [1.807, 2.05) is 98.8 Å². The highest BCUT2D eigenvalue weighted by Gasteiger charge is 2.35. The standard InChI is InChI=1S/C33H32N2O5S/c1-5-38-32(37)29-22(4)34-33-35(30(29)26-13-9-10-14-27(26)40-21(2)3)31(36)28(41-33)19-23-15-17-25(18-16-23)39-20-24-11-7-6-8-12-24/h6-19,21,30H,5,20H2,1-4H3/b28-19+/t30-/m0/s1. The van der Waals surface area contributed by atoms with Crippen LogP contribution in [-0.4, -0.2) is 23.2 Å². The van der Waals surface area contributed by atoms with E-state index < -0.39 is 12.0 Å². The first-order valence-electron chi connectivity index (χ1n) is 13.6. The monoisotopic (exact) mass is 568 g/mol. The molecule has 8 heteroatoms. The Morgan fingerprint density at radius 3 is 2.44 bits per heavy atom. The molecule has 7 nitrogen and oxygen atoms in total. The van der Waals surface area contributed by atoms with Crippen molar-refractivity contribution in [3.05, 3.63) is 127 Å². The molecule has 0 radical (unpaired) electrons. The zero-order chi connectivity index (χ0) is 28.9. The third-order valence-corrected chi connectivity index (χ3v) is 7.50. The zero-order valence-corrected chi connectivity index (χ0v) is 24.3. The van der Waals surface area contributed by atoms with E-state index in [1.165, 1.54) is 11.3 Å². The highest BCUT2D eigenvalue weighted by molar-refractivity contribution is 7.07. The fourth-order valence-electron chi connectivity index (χ4n) is 4.71. The van der Waals surface area contributed by atoms with Gasteiger partial charge in [0.1, 0.15) is 24.1 Å². The first-order valence-corrected chi connectivity index (χ1v) is 14.4. The van der Waals surface area contributed by atoms with Crippen LogP contribution < -0.4 is 24.4 Å². The molecule has 0 fully saturated rings. The molecule has 1 aliphatic heterocycles. The number of ether oxygens (including phenoxy) is 3. The van der Waals surface area contributed by atoms with Crippen LogP contribution in [0, 0.1) is 0 Å². The van der Waals surface area contributed by atoms with E-state index >= 15 is 0 Å². The van der Waals surface area contributed by atoms with Gasteiger partial charge in [0.15, 0.2) is 4.80 Å². The molecule has 0 amide bonds. The van der Waals surface area contributed by atoms with Crippen LogP contribution in [0.1, 0.15) is 50.4 Å². The molecule has 0 spiro atoms. The van der Waals surface area contributed by atoms with Crippen molar-refractivity contribution in [1.29, 1.82) is 0 Å². The molecule has 1 atom stereocenters. The summed E-state index contributed by atoms with van der Waals surface area (Å²) in [6.45, 7) is 8.09. The van der Waals surface area contributed by atoms with Crippen LogP contribution in [0.2, 0.25) is 0 Å². The summed E-state index contributed by atoms with van der Waals surface area (Å²) in [5, 5.41) is 0. The van der Waals surface area contributed by atoms with Gasteiger partial charge in [-0.2, -0.15) is 0 Å². The van der Waals surface area contributed by atoms with Crippen LogP contribution in [0.15, 0.2) is 99.9 Å². The smallest absolute Gasteiger partial charge is 0.338 e. The average Bonchev–Trinajstić information content (AvgIpc) is 3.26. The second-order valence-corrected chi connectivity index (χ2v) is 10.9. The minimum Gasteiger partial charge on any atom is -0.491 e. The summed E-state index contributed by atoms with van der Waals surface area (Å²) in [7, 11) is 0. The second kappa shape index (κ2) is 12.4. The van der Waals surface area contributed by atoms with Crippen LogP contribution in [-0.2, 0) is 16.1 Å². The van der Waals surface area contributed by atoms with Gasteiger partial charge >= 0.3 is 5.97 Å². The molecule has 41 heavy (non-hydrogen) atoms. The van der Waals surface area contributed by atoms with Crippen LogP contribution in [0.3, 0.4) is 0 Å². The van der Waals surface area contributed by atoms with Crippen LogP contribution in [0.25, 0.3) is 6.08 Å². The molecule has 0 bridgehead atoms. The summed E-state index contributed by atoms with van der Waals surface area (Å²) in [5.41, 5.74) is 3.24. The Morgan fingerprint density at radius 1 is 1.02 bits per heavy atom. The lowest BCUT2D eigenvalue weighted by molar-refractivity contribution is -0.139. The number of thiazole rings is 1. The van der Waals surface area contributed by atoms with Gasteiger partial charge in [0.05, 0.1) is 28.5 Å². The molecule has 1 aliphatic rings. The SMILES string of the molecule is CCOC(=O)C1=C(C)N=c2s/c(=C/c3ccc(OCc4ccccc4)cc3)c(=O)n2[C@H]1c1ccccc1OC(C)C. The number of hydrogen-bond acceptors (Lipinski definition) is 7. The molecular weight excluding hydrogens is 536 g/mol. The number of carbonyl (C=O) groups is 1. The van der Waals surface area contributed by atoms with Crippen molar-refractivity contribution in [2.24, 2.45) is 4.99 Å². The molecule has 210 valence electrons. The molecule has 5 rings (SSSR count). The molecule has 3 aromatic carbocycles. The number of nitrogens with zero attached hydrogens (tertiary/aromatic N) is 2. The van der Waals surface area contributed by atoms with Crippen molar-refractivity contribution in [2.75, 3.05) is 6.61 Å². The van der Waals surface area contributed by atoms with Crippen molar-refractivity contribution in [2.45, 2.75) is 46.4 Å². The molecule has 0 saturated carbocycles. The van der Waals surface area contributed by atoms with Crippen LogP contribution >= 0.6 is 11.3 Å². The Balaban J connectivity index is 1.55. The van der Waals surface area contributed by atoms with Crippen molar-refractivity contribution in [1.82, 2.24) is 4.57 Å². The summed E-state index contributed by atoms with van der Waals surface area (Å²) in [5.74, 6) is 0.840. The minimum atomic E-state index is -0.740. The fraction of sp³-hybridized carbons (Fsp3) is 0.242. The molecule has 4 aromatic rings. The van der Waals surface area contributed by atoms with Crippen molar-refractivity contribution < 1.29 is 19.0 Å². The maximum atomic E-state index is 13.9. The number of rotatable bonds is 9. The normalized spacial score (nSPS) is 15.0. The van der Waals surface area contributed by atoms with Gasteiger partial charge in [-0.3, -0.25) is 9.36 Å². The number of para-hydroxylation sites is 1. The summed E-state index contributed by atoms with van der Waals surface area (Å²) in [6, 6.07) is 24.3. The van der Waals surface area contributed by atoms with Crippen molar-refractivity contribution >= 4 is 23.4 Å². The number of esters is 1. The van der Waals surface area contributed by atoms with E-state index in [9.17, 15) is 9.59 Å². The average molecular weight is 569 g/mol. The predicted molar refractivity (Wildman–Crippen MR) is 160 cm³/mol. The lowest BCUT2D eigenvalue weighted by atomic mass is 9.95. The Morgan fingerprint density at radius 2 is 1.73 bits per heavy atom. The summed E-state index contributed by atoms with van der Waals surface area (Å²) in [4.78, 5) is 32.3. The van der Waals surface area contributed by atoms with Gasteiger partial charge in [-0.05, 0) is 63.1 Å². The van der Waals surface area contributed by atoms with Gasteiger partial charge in [-0.25, -0.2) is 9.79 Å². The summed E-state index contributed by atoms with van der Waals surface area (Å²) < 4.78 is 19.5. The van der Waals surface area contributed by atoms with Gasteiger partial charge in [-0.15, -0.1) is 0 Å². The summed E-state index contributed by atoms with van der Waals surface area (Å²) >= 11 is 1.29. The van der Waals surface area contributed by atoms with Crippen LogP contribution in [0.4, 0.5) is 0 Å². The molecule has 0 unspecified atom stereocenters. The Labute approximate surface area is 242 Å². The Hall–Kier alpha value is -4.43. The zero-order valence-electron chi connectivity index (χ0n) is 23.5. The first-order chi connectivity index (χ1) is 19.9. The Kier molecular flexibility index (Phi) is 8.50. The van der Waals surface area contributed by atoms with E-state index in [4.69, 9.17) is 14.2 Å². The third-order valence-electron chi connectivity index (χ3n) is 6.52. The molecule has 0 aliphatic carbocycles. The molecule has 2 heterocycles. The highest BCUT2D eigenvalue weighted by atomic mass is 32.1. The number of fused-ring (bicyclic) bond motifs is 1. The molecule has 1 aromatic heterocycles. The lowest BCUT2D eigenvalue weighted by Crippen LogP contribution is -2.40. The number of allylic oxidation sites excluding steroid dienone is 1. The summed E-state index contributed by atoms with van der Waals surface area (Å²) in [6.07, 6.45) is 1.74. The maximum absolute atomic E-state index is 13.9. The number of hydrogen-bond donors (Lipinski definition) is 0. The van der Waals surface area contributed by atoms with E-state index in [1.54, 1.807) is 18.4 Å². The van der Waals surface area contributed by atoms with Crippen LogP contribution in [0.5, 0.6) is 11.5 Å². The minimum absolute atomic E-state index is 0.0947. The third kappa shape index (κ3) is 6.18. The van der Waals surface area contributed by atoms with Gasteiger partial charge < -0.3 is 14.2 Å². The quantitative estimate of drug-likeness (QED) is 0.261. The van der Waals surface area contributed by atoms with Gasteiger partial charge in [0.2, 0.25) is 0 Å². The highest BCUT2D eigenvalue weighted by Crippen LogP contribution is 2.36. The van der Waals surface area contributed by atoms with Crippen molar-refractivity contribution in [3.63, 3.8) is 0 Å².